The van der Waals surface area contributed by atoms with Gasteiger partial charge in [0.25, 0.3) is 0 Å². The molecule has 0 saturated heterocycles. The lowest BCUT2D eigenvalue weighted by Gasteiger charge is -1.87. The third-order valence-electron chi connectivity index (χ3n) is 0.289. The van der Waals surface area contributed by atoms with E-state index < -0.39 is 5.97 Å². The second kappa shape index (κ2) is 9.04. The first kappa shape index (κ1) is 9.63. The molecule has 0 aromatic carbocycles. The van der Waals surface area contributed by atoms with Gasteiger partial charge in [-0.25, -0.2) is 0 Å². The molecular weight excluding hydrogens is 96.0 g/mol. The monoisotopic (exact) mass is 106 g/mol. The van der Waals surface area contributed by atoms with E-state index in [-0.39, 0.29) is 6.42 Å². The minimum absolute atomic E-state index is 0.111. The summed E-state index contributed by atoms with van der Waals surface area (Å²) >= 11 is 0. The van der Waals surface area contributed by atoms with Crippen molar-refractivity contribution in [3.05, 3.63) is 0 Å². The summed E-state index contributed by atoms with van der Waals surface area (Å²) in [6, 6.07) is 0. The summed E-state index contributed by atoms with van der Waals surface area (Å²) in [4.78, 5) is 9.26. The smallest absolute Gasteiger partial charge is 0.0411 e. The zero-order valence-electron chi connectivity index (χ0n) is 4.31. The normalized spacial score (nSPS) is 6.14. The maximum absolute atomic E-state index is 9.26. The predicted molar refractivity (Wildman–Crippen MR) is 22.4 cm³/mol. The average Bonchev–Trinajstić information content (AvgIpc) is 1.73. The summed E-state index contributed by atoms with van der Waals surface area (Å²) in [5, 5.41) is 9.26. The second-order valence-corrected chi connectivity index (χ2v) is 0.726. The molecule has 0 saturated carbocycles. The zero-order valence-corrected chi connectivity index (χ0v) is 4.31. The first-order valence-electron chi connectivity index (χ1n) is 1.88. The number of carbonyl (C=O) groups is 1. The minimum Gasteiger partial charge on any atom is -0.550 e. The van der Waals surface area contributed by atoms with Crippen molar-refractivity contribution >= 4 is 5.97 Å². The predicted octanol–water partition coefficient (Wildman–Crippen LogP) is -2.75. The van der Waals surface area contributed by atoms with Crippen LogP contribution in [0.15, 0.2) is 0 Å². The van der Waals surface area contributed by atoms with Gasteiger partial charge in [0.15, 0.2) is 0 Å². The Labute approximate surface area is 42.1 Å². The van der Waals surface area contributed by atoms with Crippen LogP contribution in [0.4, 0.5) is 0 Å². The summed E-state index contributed by atoms with van der Waals surface area (Å²) in [6.07, 6.45) is 0.111. The van der Waals surface area contributed by atoms with Gasteiger partial charge in [-0.15, -0.1) is 0 Å². The van der Waals surface area contributed by atoms with E-state index in [2.05, 4.69) is 11.7 Å². The van der Waals surface area contributed by atoms with Crippen molar-refractivity contribution in [1.82, 2.24) is 0 Å². The molecule has 7 heavy (non-hydrogen) atoms. The van der Waals surface area contributed by atoms with Crippen molar-refractivity contribution in [3.63, 3.8) is 0 Å². The van der Waals surface area contributed by atoms with Gasteiger partial charge in [-0.1, -0.05) is 6.92 Å². The highest BCUT2D eigenvalue weighted by atomic mass is 16.4. The van der Waals surface area contributed by atoms with Gasteiger partial charge in [0, 0.05) is 5.97 Å². The standard InChI is InChI=1S/C3H6O2.H4N2/c1-2-3(4)5;1-2/h2H2,1H3,(H,4,5);1-2H2. The SMILES string of the molecule is CCC(=O)[O-].N[NH3+]. The highest BCUT2D eigenvalue weighted by Gasteiger charge is 1.65. The van der Waals surface area contributed by atoms with E-state index in [0.717, 1.165) is 0 Å². The van der Waals surface area contributed by atoms with Crippen molar-refractivity contribution in [1.29, 1.82) is 0 Å². The Kier molecular flexibility index (Phi) is 12.4. The van der Waals surface area contributed by atoms with Gasteiger partial charge >= 0.3 is 0 Å². The van der Waals surface area contributed by atoms with Gasteiger partial charge in [0.05, 0.1) is 0 Å². The molecule has 4 heteroatoms. The van der Waals surface area contributed by atoms with Crippen molar-refractivity contribution in [2.24, 2.45) is 5.84 Å². The number of carbonyl (C=O) groups excluding carboxylic acids is 1. The van der Waals surface area contributed by atoms with Crippen LogP contribution in [-0.2, 0) is 4.79 Å². The van der Waals surface area contributed by atoms with Gasteiger partial charge < -0.3 is 9.90 Å². The van der Waals surface area contributed by atoms with Gasteiger partial charge in [-0.05, 0) is 6.42 Å². The number of hydrogen-bond acceptors (Lipinski definition) is 3. The third-order valence-corrected chi connectivity index (χ3v) is 0.289. The fourth-order valence-corrected chi connectivity index (χ4v) is 0. The molecule has 4 nitrogen and oxygen atoms in total. The lowest BCUT2D eigenvalue weighted by molar-refractivity contribution is -0.379. The number of rotatable bonds is 1. The van der Waals surface area contributed by atoms with Crippen molar-refractivity contribution in [3.8, 4) is 0 Å². The molecular formula is C3H10N2O2. The fraction of sp³-hybridized carbons (Fsp3) is 0.667. The largest absolute Gasteiger partial charge is 0.550 e. The molecule has 0 aliphatic rings. The van der Waals surface area contributed by atoms with Crippen LogP contribution in [0, 0.1) is 0 Å². The van der Waals surface area contributed by atoms with E-state index >= 15 is 0 Å². The summed E-state index contributed by atoms with van der Waals surface area (Å²) in [5.41, 5.74) is 0. The lowest BCUT2D eigenvalue weighted by atomic mass is 10.5. The lowest BCUT2D eigenvalue weighted by Crippen LogP contribution is -2.59. The van der Waals surface area contributed by atoms with Crippen molar-refractivity contribution in [2.45, 2.75) is 13.3 Å². The number of nitrogens with two attached hydrogens (primary N) is 1. The minimum atomic E-state index is -0.995. The summed E-state index contributed by atoms with van der Waals surface area (Å²) in [7, 11) is 0. The molecule has 0 bridgehead atoms. The maximum atomic E-state index is 9.26. The summed E-state index contributed by atoms with van der Waals surface area (Å²) < 4.78 is 0. The first-order valence-corrected chi connectivity index (χ1v) is 1.88. The number of hydrogen-bond donors (Lipinski definition) is 2. The van der Waals surface area contributed by atoms with Crippen LogP contribution >= 0.6 is 0 Å². The Bertz CT molecular complexity index is 46.2. The molecule has 44 valence electrons. The molecule has 0 atom stereocenters. The number of carboxylic acid groups (broad SMARTS) is 1. The molecule has 0 heterocycles. The fourth-order valence-electron chi connectivity index (χ4n) is 0. The van der Waals surface area contributed by atoms with Crippen LogP contribution in [0.1, 0.15) is 13.3 Å². The third kappa shape index (κ3) is 32.1. The summed E-state index contributed by atoms with van der Waals surface area (Å²) in [6.45, 7) is 1.54. The van der Waals surface area contributed by atoms with Crippen LogP contribution in [0.3, 0.4) is 0 Å². The van der Waals surface area contributed by atoms with E-state index in [9.17, 15) is 9.90 Å². The highest BCUT2D eigenvalue weighted by molar-refractivity contribution is 5.63. The van der Waals surface area contributed by atoms with Crippen LogP contribution in [0.5, 0.6) is 0 Å². The first-order chi connectivity index (χ1) is 3.27. The second-order valence-electron chi connectivity index (χ2n) is 0.726. The number of carboxylic acids is 1. The maximum Gasteiger partial charge on any atom is 0.0411 e. The van der Waals surface area contributed by atoms with Crippen LogP contribution < -0.4 is 16.8 Å². The molecule has 0 fully saturated rings. The number of aliphatic carboxylic acids is 1. The van der Waals surface area contributed by atoms with Crippen LogP contribution in [0.2, 0.25) is 0 Å². The van der Waals surface area contributed by atoms with E-state index in [0.29, 0.717) is 0 Å². The molecule has 0 spiro atoms. The van der Waals surface area contributed by atoms with Crippen molar-refractivity contribution < 1.29 is 15.7 Å². The Morgan fingerprint density at radius 1 is 1.86 bits per heavy atom. The molecule has 0 aliphatic heterocycles. The van der Waals surface area contributed by atoms with E-state index in [1.807, 2.05) is 0 Å². The Hall–Kier alpha value is -0.610. The molecule has 5 N–H and O–H groups in total. The van der Waals surface area contributed by atoms with E-state index in [1.165, 1.54) is 6.92 Å². The van der Waals surface area contributed by atoms with Crippen LogP contribution in [-0.4, -0.2) is 5.97 Å². The molecule has 0 unspecified atom stereocenters. The van der Waals surface area contributed by atoms with Gasteiger partial charge in [0.1, 0.15) is 0 Å². The Morgan fingerprint density at radius 3 is 2.00 bits per heavy atom. The van der Waals surface area contributed by atoms with Gasteiger partial charge in [-0.2, -0.15) is 5.84 Å². The van der Waals surface area contributed by atoms with Gasteiger partial charge in [-0.3, -0.25) is 5.84 Å². The summed E-state index contributed by atoms with van der Waals surface area (Å²) in [5.74, 6) is 6.00. The molecule has 0 aromatic heterocycles. The molecule has 0 amide bonds. The Balaban J connectivity index is 0. The van der Waals surface area contributed by atoms with E-state index in [4.69, 9.17) is 0 Å². The van der Waals surface area contributed by atoms with Crippen LogP contribution in [0.25, 0.3) is 0 Å². The molecule has 0 rings (SSSR count). The average molecular weight is 106 g/mol. The Morgan fingerprint density at radius 2 is 2.00 bits per heavy atom. The quantitative estimate of drug-likeness (QED) is 0.280. The number of quaternary nitrogens is 1. The van der Waals surface area contributed by atoms with Gasteiger partial charge in [0.2, 0.25) is 0 Å². The molecule has 0 aliphatic carbocycles. The topological polar surface area (TPSA) is 93.8 Å². The van der Waals surface area contributed by atoms with Crippen molar-refractivity contribution in [2.75, 3.05) is 0 Å². The molecule has 0 aromatic rings. The highest BCUT2D eigenvalue weighted by Crippen LogP contribution is 1.61. The zero-order chi connectivity index (χ0) is 6.28. The van der Waals surface area contributed by atoms with E-state index in [1.54, 1.807) is 0 Å². The molecule has 0 radical (unpaired) electrons.